The van der Waals surface area contributed by atoms with E-state index in [2.05, 4.69) is 10.6 Å². The molecule has 3 amide bonds. The average Bonchev–Trinajstić information content (AvgIpc) is 3.04. The number of pyridine rings is 1. The van der Waals surface area contributed by atoms with Gasteiger partial charge in [0.1, 0.15) is 0 Å². The summed E-state index contributed by atoms with van der Waals surface area (Å²) in [7, 11) is 3.36. The lowest BCUT2D eigenvalue weighted by Gasteiger charge is -2.13. The zero-order valence-electron chi connectivity index (χ0n) is 14.2. The number of rotatable bonds is 4. The Morgan fingerprint density at radius 1 is 1.08 bits per heavy atom. The molecule has 0 aliphatic heterocycles. The second kappa shape index (κ2) is 7.09. The first-order chi connectivity index (χ1) is 12.0. The number of fused-ring (bicyclic) bond motifs is 1. The summed E-state index contributed by atoms with van der Waals surface area (Å²) in [5.41, 5.74) is 3.19. The topological polar surface area (TPSA) is 65.9 Å². The van der Waals surface area contributed by atoms with Crippen LogP contribution < -0.4 is 10.6 Å². The van der Waals surface area contributed by atoms with Gasteiger partial charge in [0, 0.05) is 44.2 Å². The van der Waals surface area contributed by atoms with Crippen LogP contribution in [0.2, 0.25) is 0 Å². The third-order valence-corrected chi connectivity index (χ3v) is 3.80. The van der Waals surface area contributed by atoms with E-state index in [-0.39, 0.29) is 11.9 Å². The number of aromatic nitrogens is 1. The van der Waals surface area contributed by atoms with Crippen molar-refractivity contribution in [2.75, 3.05) is 19.4 Å². The number of hydrogen-bond acceptors (Lipinski definition) is 2. The van der Waals surface area contributed by atoms with Crippen molar-refractivity contribution in [1.29, 1.82) is 0 Å². The van der Waals surface area contributed by atoms with Gasteiger partial charge in [-0.2, -0.15) is 0 Å². The monoisotopic (exact) mass is 336 g/mol. The minimum Gasteiger partial charge on any atom is -0.348 e. The summed E-state index contributed by atoms with van der Waals surface area (Å²) in [5.74, 6) is -0.133. The van der Waals surface area contributed by atoms with Gasteiger partial charge in [0.25, 0.3) is 5.91 Å². The number of anilines is 1. The van der Waals surface area contributed by atoms with Gasteiger partial charge in [-0.15, -0.1) is 0 Å². The number of nitrogens with one attached hydrogen (secondary N) is 2. The Balaban J connectivity index is 1.64. The molecule has 3 aromatic rings. The molecule has 0 saturated carbocycles. The van der Waals surface area contributed by atoms with Gasteiger partial charge in [0.2, 0.25) is 0 Å². The van der Waals surface area contributed by atoms with Crippen molar-refractivity contribution in [3.8, 4) is 0 Å². The van der Waals surface area contributed by atoms with Crippen molar-refractivity contribution in [2.24, 2.45) is 0 Å². The molecule has 3 rings (SSSR count). The Hall–Kier alpha value is -3.28. The largest absolute Gasteiger partial charge is 0.348 e. The van der Waals surface area contributed by atoms with Crippen molar-refractivity contribution in [3.63, 3.8) is 0 Å². The van der Waals surface area contributed by atoms with Crippen molar-refractivity contribution >= 4 is 23.1 Å². The van der Waals surface area contributed by atoms with Crippen molar-refractivity contribution in [3.05, 3.63) is 72.1 Å². The Labute approximate surface area is 146 Å². The molecule has 0 unspecified atom stereocenters. The molecule has 0 aliphatic rings. The van der Waals surface area contributed by atoms with Crippen LogP contribution in [0.15, 0.2) is 60.9 Å². The van der Waals surface area contributed by atoms with Gasteiger partial charge in [-0.25, -0.2) is 4.79 Å². The van der Waals surface area contributed by atoms with Crippen molar-refractivity contribution < 1.29 is 9.59 Å². The highest BCUT2D eigenvalue weighted by atomic mass is 16.2. The van der Waals surface area contributed by atoms with E-state index in [0.717, 1.165) is 11.1 Å². The molecule has 0 aliphatic carbocycles. The minimum absolute atomic E-state index is 0.133. The van der Waals surface area contributed by atoms with Crippen LogP contribution in [0.1, 0.15) is 15.9 Å². The molecule has 0 fully saturated rings. The van der Waals surface area contributed by atoms with Crippen LogP contribution in [0.4, 0.5) is 10.5 Å². The molecule has 2 N–H and O–H groups in total. The van der Waals surface area contributed by atoms with E-state index in [1.807, 2.05) is 59.1 Å². The number of hydrogen-bond donors (Lipinski definition) is 2. The second-order valence-corrected chi connectivity index (χ2v) is 5.97. The lowest BCUT2D eigenvalue weighted by Crippen LogP contribution is -2.27. The van der Waals surface area contributed by atoms with E-state index >= 15 is 0 Å². The van der Waals surface area contributed by atoms with Gasteiger partial charge >= 0.3 is 6.03 Å². The highest BCUT2D eigenvalue weighted by molar-refractivity contribution is 5.95. The highest BCUT2D eigenvalue weighted by Crippen LogP contribution is 2.12. The molecule has 6 nitrogen and oxygen atoms in total. The molecule has 2 aromatic heterocycles. The van der Waals surface area contributed by atoms with E-state index in [9.17, 15) is 9.59 Å². The summed E-state index contributed by atoms with van der Waals surface area (Å²) in [6.45, 7) is 0.386. The third kappa shape index (κ3) is 3.98. The fourth-order valence-corrected chi connectivity index (χ4v) is 2.46. The van der Waals surface area contributed by atoms with Gasteiger partial charge in [-0.05, 0) is 35.9 Å². The van der Waals surface area contributed by atoms with Gasteiger partial charge in [0.05, 0.1) is 5.56 Å². The maximum atomic E-state index is 12.3. The fraction of sp³-hybridized carbons (Fsp3) is 0.158. The van der Waals surface area contributed by atoms with Gasteiger partial charge < -0.3 is 19.9 Å². The van der Waals surface area contributed by atoms with Crippen LogP contribution in [0.25, 0.3) is 5.52 Å². The Kier molecular flexibility index (Phi) is 4.70. The fourth-order valence-electron chi connectivity index (χ4n) is 2.46. The predicted molar refractivity (Wildman–Crippen MR) is 97.7 cm³/mol. The summed E-state index contributed by atoms with van der Waals surface area (Å²) < 4.78 is 1.91. The van der Waals surface area contributed by atoms with Crippen LogP contribution in [-0.2, 0) is 6.54 Å². The minimum atomic E-state index is -0.193. The van der Waals surface area contributed by atoms with Crippen molar-refractivity contribution in [1.82, 2.24) is 14.6 Å². The molecule has 6 heteroatoms. The lowest BCUT2D eigenvalue weighted by molar-refractivity contribution is 0.0951. The summed E-state index contributed by atoms with van der Waals surface area (Å²) in [5, 5.41) is 5.69. The maximum absolute atomic E-state index is 12.3. The van der Waals surface area contributed by atoms with Crippen molar-refractivity contribution in [2.45, 2.75) is 6.54 Å². The molecule has 0 radical (unpaired) electrons. The molecule has 1 aromatic carbocycles. The van der Waals surface area contributed by atoms with Crippen LogP contribution in [0.5, 0.6) is 0 Å². The first-order valence-electron chi connectivity index (χ1n) is 7.95. The lowest BCUT2D eigenvalue weighted by atomic mass is 10.2. The number of urea groups is 1. The molecule has 0 spiro atoms. The standard InChI is InChI=1S/C19H20N4O2/c1-22(2)19(25)21-16-7-5-6-14(10-16)12-20-18(24)15-11-17-8-3-4-9-23(17)13-15/h3-11,13H,12H2,1-2H3,(H,20,24)(H,21,25). The van der Waals surface area contributed by atoms with Gasteiger partial charge in [-0.1, -0.05) is 18.2 Å². The van der Waals surface area contributed by atoms with Crippen LogP contribution in [0, 0.1) is 0 Å². The molecule has 0 bridgehead atoms. The quantitative estimate of drug-likeness (QED) is 0.769. The van der Waals surface area contributed by atoms with E-state index in [0.29, 0.717) is 17.8 Å². The molecule has 128 valence electrons. The molecule has 2 heterocycles. The highest BCUT2D eigenvalue weighted by Gasteiger charge is 2.09. The molecular formula is C19H20N4O2. The molecular weight excluding hydrogens is 316 g/mol. The SMILES string of the molecule is CN(C)C(=O)Nc1cccc(CNC(=O)c2cc3ccccn3c2)c1. The van der Waals surface area contributed by atoms with Gasteiger partial charge in [0.15, 0.2) is 0 Å². The molecule has 25 heavy (non-hydrogen) atoms. The van der Waals surface area contributed by atoms with E-state index in [1.165, 1.54) is 4.90 Å². The Morgan fingerprint density at radius 2 is 1.92 bits per heavy atom. The summed E-state index contributed by atoms with van der Waals surface area (Å²) in [4.78, 5) is 25.5. The predicted octanol–water partition coefficient (Wildman–Crippen LogP) is 2.96. The van der Waals surface area contributed by atoms with E-state index in [1.54, 1.807) is 20.3 Å². The maximum Gasteiger partial charge on any atom is 0.321 e. The normalized spacial score (nSPS) is 10.5. The Bertz CT molecular complexity index is 881. The van der Waals surface area contributed by atoms with E-state index in [4.69, 9.17) is 0 Å². The Morgan fingerprint density at radius 3 is 2.68 bits per heavy atom. The number of benzene rings is 1. The first-order valence-corrected chi connectivity index (χ1v) is 7.95. The van der Waals surface area contributed by atoms with Crippen LogP contribution >= 0.6 is 0 Å². The van der Waals surface area contributed by atoms with Gasteiger partial charge in [-0.3, -0.25) is 4.79 Å². The summed E-state index contributed by atoms with van der Waals surface area (Å²) in [6, 6.07) is 14.9. The van der Waals surface area contributed by atoms with E-state index < -0.39 is 0 Å². The zero-order chi connectivity index (χ0) is 17.8. The number of nitrogens with zero attached hydrogens (tertiary/aromatic N) is 2. The first kappa shape index (κ1) is 16.6. The second-order valence-electron chi connectivity index (χ2n) is 5.97. The van der Waals surface area contributed by atoms with Crippen LogP contribution in [0.3, 0.4) is 0 Å². The molecule has 0 saturated heterocycles. The molecule has 0 atom stereocenters. The van der Waals surface area contributed by atoms with Crippen LogP contribution in [-0.4, -0.2) is 35.3 Å². The smallest absolute Gasteiger partial charge is 0.321 e. The number of carbonyl (C=O) groups is 2. The summed E-state index contributed by atoms with van der Waals surface area (Å²) >= 11 is 0. The average molecular weight is 336 g/mol. The zero-order valence-corrected chi connectivity index (χ0v) is 14.2. The number of amides is 3. The summed E-state index contributed by atoms with van der Waals surface area (Å²) in [6.07, 6.45) is 3.71. The number of carbonyl (C=O) groups excluding carboxylic acids is 2. The third-order valence-electron chi connectivity index (χ3n) is 3.80.